The first-order valence-electron chi connectivity index (χ1n) is 6.16. The van der Waals surface area contributed by atoms with Crippen molar-refractivity contribution in [3.05, 3.63) is 59.9 Å². The highest BCUT2D eigenvalue weighted by Gasteiger charge is 2.20. The summed E-state index contributed by atoms with van der Waals surface area (Å²) in [6.07, 6.45) is 4.11. The number of likely N-dealkylation sites (N-methyl/N-ethyl adjacent to an activating group) is 1. The minimum Gasteiger partial charge on any atom is -0.399 e. The summed E-state index contributed by atoms with van der Waals surface area (Å²) in [6, 6.07) is 11.3. The fourth-order valence-corrected chi connectivity index (χ4v) is 2.07. The van der Waals surface area contributed by atoms with Crippen molar-refractivity contribution in [1.82, 2.24) is 10.3 Å². The number of pyridine rings is 1. The van der Waals surface area contributed by atoms with Gasteiger partial charge in [0.15, 0.2) is 0 Å². The number of nitrogens with two attached hydrogens (primary N) is 1. The molecule has 4 nitrogen and oxygen atoms in total. The molecule has 0 bridgehead atoms. The van der Waals surface area contributed by atoms with Gasteiger partial charge in [0.05, 0.1) is 5.92 Å². The average Bonchev–Trinajstić information content (AvgIpc) is 2.45. The van der Waals surface area contributed by atoms with Crippen LogP contribution in [0.25, 0.3) is 0 Å². The Morgan fingerprint density at radius 2 is 2.21 bits per heavy atom. The van der Waals surface area contributed by atoms with Crippen LogP contribution in [-0.4, -0.2) is 17.9 Å². The van der Waals surface area contributed by atoms with Crippen molar-refractivity contribution in [2.24, 2.45) is 0 Å². The van der Waals surface area contributed by atoms with Crippen molar-refractivity contribution in [1.29, 1.82) is 0 Å². The van der Waals surface area contributed by atoms with Gasteiger partial charge in [-0.3, -0.25) is 9.78 Å². The van der Waals surface area contributed by atoms with Crippen molar-refractivity contribution in [3.63, 3.8) is 0 Å². The fraction of sp³-hybridized carbons (Fsp3) is 0.200. The molecule has 1 unspecified atom stereocenters. The number of hydrogen-bond acceptors (Lipinski definition) is 3. The number of aromatic nitrogens is 1. The van der Waals surface area contributed by atoms with E-state index in [1.165, 1.54) is 0 Å². The van der Waals surface area contributed by atoms with Crippen molar-refractivity contribution in [2.45, 2.75) is 12.3 Å². The Morgan fingerprint density at radius 1 is 1.37 bits per heavy atom. The predicted octanol–water partition coefficient (Wildman–Crippen LogP) is 1.74. The molecule has 0 radical (unpaired) electrons. The third-order valence-corrected chi connectivity index (χ3v) is 3.04. The van der Waals surface area contributed by atoms with Crippen LogP contribution >= 0.6 is 0 Å². The monoisotopic (exact) mass is 255 g/mol. The fourth-order valence-electron chi connectivity index (χ4n) is 2.07. The molecule has 3 N–H and O–H groups in total. The molecule has 0 fully saturated rings. The van der Waals surface area contributed by atoms with E-state index in [2.05, 4.69) is 10.3 Å². The smallest absolute Gasteiger partial charge is 0.227 e. The van der Waals surface area contributed by atoms with Crippen LogP contribution in [0.5, 0.6) is 0 Å². The van der Waals surface area contributed by atoms with Crippen molar-refractivity contribution in [3.8, 4) is 0 Å². The molecule has 19 heavy (non-hydrogen) atoms. The van der Waals surface area contributed by atoms with Crippen LogP contribution in [-0.2, 0) is 11.2 Å². The van der Waals surface area contributed by atoms with E-state index in [1.807, 2.05) is 36.4 Å². The van der Waals surface area contributed by atoms with Crippen LogP contribution in [0.1, 0.15) is 17.0 Å². The molecule has 0 saturated heterocycles. The largest absolute Gasteiger partial charge is 0.399 e. The van der Waals surface area contributed by atoms with Crippen LogP contribution in [0.15, 0.2) is 48.8 Å². The summed E-state index contributed by atoms with van der Waals surface area (Å²) >= 11 is 0. The van der Waals surface area contributed by atoms with Gasteiger partial charge in [-0.1, -0.05) is 18.2 Å². The van der Waals surface area contributed by atoms with E-state index in [0.717, 1.165) is 11.1 Å². The summed E-state index contributed by atoms with van der Waals surface area (Å²) in [5.74, 6) is -0.271. The summed E-state index contributed by atoms with van der Waals surface area (Å²) in [4.78, 5) is 16.1. The summed E-state index contributed by atoms with van der Waals surface area (Å²) in [7, 11) is 1.64. The number of anilines is 1. The number of nitrogens with one attached hydrogen (secondary N) is 1. The lowest BCUT2D eigenvalue weighted by Crippen LogP contribution is -2.27. The van der Waals surface area contributed by atoms with E-state index < -0.39 is 0 Å². The Hall–Kier alpha value is -2.36. The van der Waals surface area contributed by atoms with Crippen LogP contribution in [0, 0.1) is 0 Å². The molecule has 2 aromatic rings. The van der Waals surface area contributed by atoms with Gasteiger partial charge in [0, 0.05) is 25.1 Å². The summed E-state index contributed by atoms with van der Waals surface area (Å²) in [5, 5.41) is 2.70. The third-order valence-electron chi connectivity index (χ3n) is 3.04. The number of carbonyl (C=O) groups excluding carboxylic acids is 1. The molecule has 0 aliphatic carbocycles. The molecule has 1 heterocycles. The number of carbonyl (C=O) groups is 1. The van der Waals surface area contributed by atoms with E-state index in [0.29, 0.717) is 12.1 Å². The van der Waals surface area contributed by atoms with Gasteiger partial charge in [0.1, 0.15) is 0 Å². The lowest BCUT2D eigenvalue weighted by Gasteiger charge is -2.16. The van der Waals surface area contributed by atoms with Crippen LogP contribution in [0.2, 0.25) is 0 Å². The minimum absolute atomic E-state index is 0.0190. The molecule has 4 heteroatoms. The van der Waals surface area contributed by atoms with Crippen LogP contribution in [0.3, 0.4) is 0 Å². The predicted molar refractivity (Wildman–Crippen MR) is 75.6 cm³/mol. The lowest BCUT2D eigenvalue weighted by molar-refractivity contribution is -0.122. The van der Waals surface area contributed by atoms with Crippen LogP contribution in [0.4, 0.5) is 5.69 Å². The molecule has 0 spiro atoms. The van der Waals surface area contributed by atoms with Gasteiger partial charge in [-0.2, -0.15) is 0 Å². The number of nitrogen functional groups attached to an aromatic ring is 1. The Labute approximate surface area is 112 Å². The van der Waals surface area contributed by atoms with Gasteiger partial charge in [0.25, 0.3) is 0 Å². The van der Waals surface area contributed by atoms with E-state index in [9.17, 15) is 4.79 Å². The molecule has 1 aromatic heterocycles. The summed E-state index contributed by atoms with van der Waals surface area (Å²) < 4.78 is 0. The highest BCUT2D eigenvalue weighted by molar-refractivity contribution is 5.84. The molecule has 0 aliphatic heterocycles. The standard InChI is InChI=1S/C15H17N3O/c1-17-15(19)14(8-11-4-3-7-18-10-11)12-5-2-6-13(16)9-12/h2-7,9-10,14H,8,16H2,1H3,(H,17,19). The van der Waals surface area contributed by atoms with Gasteiger partial charge in [0.2, 0.25) is 5.91 Å². The van der Waals surface area contributed by atoms with Gasteiger partial charge in [-0.05, 0) is 35.7 Å². The van der Waals surface area contributed by atoms with E-state index in [4.69, 9.17) is 5.73 Å². The van der Waals surface area contributed by atoms with Crippen molar-refractivity contribution in [2.75, 3.05) is 12.8 Å². The zero-order valence-corrected chi connectivity index (χ0v) is 10.8. The molecule has 0 aliphatic rings. The molecular weight excluding hydrogens is 238 g/mol. The number of nitrogens with zero attached hydrogens (tertiary/aromatic N) is 1. The highest BCUT2D eigenvalue weighted by atomic mass is 16.1. The second-order valence-electron chi connectivity index (χ2n) is 4.40. The molecule has 0 saturated carbocycles. The van der Waals surface area contributed by atoms with Gasteiger partial charge in [-0.25, -0.2) is 0 Å². The normalized spacial score (nSPS) is 11.8. The number of hydrogen-bond donors (Lipinski definition) is 2. The maximum Gasteiger partial charge on any atom is 0.227 e. The Bertz CT molecular complexity index is 554. The van der Waals surface area contributed by atoms with Gasteiger partial charge >= 0.3 is 0 Å². The quantitative estimate of drug-likeness (QED) is 0.818. The van der Waals surface area contributed by atoms with Crippen LogP contribution < -0.4 is 11.1 Å². The summed E-state index contributed by atoms with van der Waals surface area (Å²) in [5.41, 5.74) is 8.40. The van der Waals surface area contributed by atoms with Crippen molar-refractivity contribution >= 4 is 11.6 Å². The molecule has 1 atom stereocenters. The first-order valence-corrected chi connectivity index (χ1v) is 6.16. The Kier molecular flexibility index (Phi) is 4.13. The maximum absolute atomic E-state index is 12.1. The van der Waals surface area contributed by atoms with Gasteiger partial charge < -0.3 is 11.1 Å². The SMILES string of the molecule is CNC(=O)C(Cc1cccnc1)c1cccc(N)c1. The van der Waals surface area contributed by atoms with E-state index in [1.54, 1.807) is 19.4 Å². The Morgan fingerprint density at radius 3 is 2.84 bits per heavy atom. The number of amides is 1. The van der Waals surface area contributed by atoms with E-state index >= 15 is 0 Å². The molecular formula is C15H17N3O. The molecule has 98 valence electrons. The zero-order valence-electron chi connectivity index (χ0n) is 10.8. The maximum atomic E-state index is 12.1. The first-order chi connectivity index (χ1) is 9.20. The van der Waals surface area contributed by atoms with Gasteiger partial charge in [-0.15, -0.1) is 0 Å². The minimum atomic E-state index is -0.252. The second-order valence-corrected chi connectivity index (χ2v) is 4.40. The van der Waals surface area contributed by atoms with Crippen molar-refractivity contribution < 1.29 is 4.79 Å². The molecule has 1 amide bonds. The third kappa shape index (κ3) is 3.31. The highest BCUT2D eigenvalue weighted by Crippen LogP contribution is 2.22. The molecule has 2 rings (SSSR count). The lowest BCUT2D eigenvalue weighted by atomic mass is 9.91. The molecule has 1 aromatic carbocycles. The van der Waals surface area contributed by atoms with E-state index in [-0.39, 0.29) is 11.8 Å². The number of rotatable bonds is 4. The average molecular weight is 255 g/mol. The Balaban J connectivity index is 2.29. The topological polar surface area (TPSA) is 68.0 Å². The second kappa shape index (κ2) is 6.00. The first kappa shape index (κ1) is 13.1. The summed E-state index contributed by atoms with van der Waals surface area (Å²) in [6.45, 7) is 0. The zero-order chi connectivity index (χ0) is 13.7. The number of benzene rings is 1.